The molecule has 2 nitrogen and oxygen atoms in total. The lowest BCUT2D eigenvalue weighted by Crippen LogP contribution is -2.28. The van der Waals surface area contributed by atoms with Crippen LogP contribution < -0.4 is 9.80 Å². The third-order valence-electron chi connectivity index (χ3n) is 13.0. The minimum atomic E-state index is 0.258. The van der Waals surface area contributed by atoms with Crippen molar-refractivity contribution in [2.75, 3.05) is 9.80 Å². The molecule has 1 aliphatic heterocycles. The fraction of sp³-hybridized carbons (Fsp3) is 0.0333. The molecule has 2 heteroatoms. The molecule has 10 aromatic rings. The Morgan fingerprint density at radius 1 is 0.355 bits per heavy atom. The molecule has 12 rings (SSSR count). The van der Waals surface area contributed by atoms with Crippen molar-refractivity contribution in [3.63, 3.8) is 0 Å². The van der Waals surface area contributed by atoms with Crippen LogP contribution in [0.1, 0.15) is 11.5 Å². The van der Waals surface area contributed by atoms with E-state index in [4.69, 9.17) is 0 Å². The predicted octanol–water partition coefficient (Wildman–Crippen LogP) is 16.3. The minimum absolute atomic E-state index is 0.258. The third-order valence-corrected chi connectivity index (χ3v) is 13.0. The first-order valence-electron chi connectivity index (χ1n) is 21.6. The number of allylic oxidation sites excluding steroid dienone is 2. The summed E-state index contributed by atoms with van der Waals surface area (Å²) in [7, 11) is 0. The van der Waals surface area contributed by atoms with Crippen molar-refractivity contribution >= 4 is 60.8 Å². The van der Waals surface area contributed by atoms with Crippen molar-refractivity contribution in [2.24, 2.45) is 0 Å². The molecule has 292 valence electrons. The van der Waals surface area contributed by atoms with Crippen molar-refractivity contribution in [1.29, 1.82) is 0 Å². The Morgan fingerprint density at radius 2 is 0.887 bits per heavy atom. The van der Waals surface area contributed by atoms with E-state index < -0.39 is 0 Å². The van der Waals surface area contributed by atoms with Crippen molar-refractivity contribution in [2.45, 2.75) is 12.0 Å². The molecule has 62 heavy (non-hydrogen) atoms. The van der Waals surface area contributed by atoms with Gasteiger partial charge in [-0.1, -0.05) is 194 Å². The van der Waals surface area contributed by atoms with Gasteiger partial charge in [-0.25, -0.2) is 0 Å². The Labute approximate surface area is 362 Å². The smallest absolute Gasteiger partial charge is 0.0629 e. The summed E-state index contributed by atoms with van der Waals surface area (Å²) in [5.74, 6) is 0.350. The zero-order valence-electron chi connectivity index (χ0n) is 34.1. The molecule has 10 aromatic carbocycles. The molecule has 2 aliphatic rings. The Balaban J connectivity index is 0.868. The largest absolute Gasteiger partial charge is 0.333 e. The van der Waals surface area contributed by atoms with Crippen LogP contribution in [0, 0.1) is 0 Å². The van der Waals surface area contributed by atoms with Gasteiger partial charge in [-0.15, -0.1) is 0 Å². The van der Waals surface area contributed by atoms with E-state index in [1.807, 2.05) is 0 Å². The zero-order chi connectivity index (χ0) is 41.0. The van der Waals surface area contributed by atoms with E-state index in [2.05, 4.69) is 252 Å². The molecule has 1 aliphatic carbocycles. The molecular formula is C60H42N2. The Kier molecular flexibility index (Phi) is 8.67. The van der Waals surface area contributed by atoms with E-state index >= 15 is 0 Å². The Morgan fingerprint density at radius 3 is 1.66 bits per heavy atom. The van der Waals surface area contributed by atoms with Gasteiger partial charge in [-0.3, -0.25) is 0 Å². The normalized spacial score (nSPS) is 15.3. The van der Waals surface area contributed by atoms with Crippen molar-refractivity contribution < 1.29 is 0 Å². The van der Waals surface area contributed by atoms with Gasteiger partial charge >= 0.3 is 0 Å². The van der Waals surface area contributed by atoms with Crippen molar-refractivity contribution in [1.82, 2.24) is 0 Å². The number of fused-ring (bicyclic) bond motifs is 7. The average Bonchev–Trinajstić information content (AvgIpc) is 3.69. The lowest BCUT2D eigenvalue weighted by Gasteiger charge is -2.30. The molecular weight excluding hydrogens is 749 g/mol. The molecule has 0 spiro atoms. The fourth-order valence-electron chi connectivity index (χ4n) is 9.97. The summed E-state index contributed by atoms with van der Waals surface area (Å²) in [4.78, 5) is 4.92. The maximum absolute atomic E-state index is 2.53. The fourth-order valence-corrected chi connectivity index (χ4v) is 9.97. The predicted molar refractivity (Wildman–Crippen MR) is 263 cm³/mol. The second kappa shape index (κ2) is 15.0. The maximum atomic E-state index is 2.53. The van der Waals surface area contributed by atoms with Gasteiger partial charge in [0, 0.05) is 39.6 Å². The highest BCUT2D eigenvalue weighted by Crippen LogP contribution is 2.50. The lowest BCUT2D eigenvalue weighted by molar-refractivity contribution is 0.745. The Bertz CT molecular complexity index is 3350. The van der Waals surface area contributed by atoms with Gasteiger partial charge in [0.05, 0.1) is 11.7 Å². The van der Waals surface area contributed by atoms with Crippen LogP contribution in [-0.2, 0) is 0 Å². The first-order chi connectivity index (χ1) is 30.7. The average molecular weight is 791 g/mol. The van der Waals surface area contributed by atoms with Crippen LogP contribution in [0.5, 0.6) is 0 Å². The van der Waals surface area contributed by atoms with Gasteiger partial charge in [-0.2, -0.15) is 0 Å². The molecule has 0 saturated heterocycles. The highest BCUT2D eigenvalue weighted by molar-refractivity contribution is 6.08. The lowest BCUT2D eigenvalue weighted by atomic mass is 9.91. The van der Waals surface area contributed by atoms with Crippen LogP contribution in [0.15, 0.2) is 243 Å². The number of para-hydroxylation sites is 2. The van der Waals surface area contributed by atoms with Gasteiger partial charge in [0.1, 0.15) is 0 Å². The van der Waals surface area contributed by atoms with Gasteiger partial charge in [0.2, 0.25) is 0 Å². The van der Waals surface area contributed by atoms with Gasteiger partial charge in [0.25, 0.3) is 0 Å². The first-order valence-corrected chi connectivity index (χ1v) is 21.6. The van der Waals surface area contributed by atoms with Crippen molar-refractivity contribution in [3.05, 3.63) is 248 Å². The molecule has 0 bridgehead atoms. The Hall–Kier alpha value is -7.94. The molecule has 0 radical (unpaired) electrons. The summed E-state index contributed by atoms with van der Waals surface area (Å²) in [6, 6.07) is 80.3. The summed E-state index contributed by atoms with van der Waals surface area (Å²) in [6.45, 7) is 0. The van der Waals surface area contributed by atoms with Crippen LogP contribution >= 0.6 is 0 Å². The van der Waals surface area contributed by atoms with Gasteiger partial charge in [0.15, 0.2) is 0 Å². The zero-order valence-corrected chi connectivity index (χ0v) is 34.1. The SMILES string of the molecule is C1=CC2c3ccccc3N(c3ccccc3-c3ccc(-c4ccc(N(c5ccc(-c6ccc7c(ccc8ccccc87)c6)cc5)c5cccc6ccccc56)cc4)cc3)C2C=C1. The van der Waals surface area contributed by atoms with Crippen LogP contribution in [0.2, 0.25) is 0 Å². The van der Waals surface area contributed by atoms with Crippen LogP contribution in [-0.4, -0.2) is 6.04 Å². The van der Waals surface area contributed by atoms with Crippen LogP contribution in [0.25, 0.3) is 65.7 Å². The maximum Gasteiger partial charge on any atom is 0.0629 e. The van der Waals surface area contributed by atoms with E-state index in [1.54, 1.807) is 0 Å². The third kappa shape index (κ3) is 6.11. The number of hydrogen-bond donors (Lipinski definition) is 0. The number of hydrogen-bond acceptors (Lipinski definition) is 2. The molecule has 0 saturated carbocycles. The van der Waals surface area contributed by atoms with E-state index in [-0.39, 0.29) is 6.04 Å². The first kappa shape index (κ1) is 36.0. The van der Waals surface area contributed by atoms with E-state index in [9.17, 15) is 0 Å². The molecule has 2 atom stereocenters. The molecule has 0 aromatic heterocycles. The number of anilines is 5. The quantitative estimate of drug-likeness (QED) is 0.148. The van der Waals surface area contributed by atoms with E-state index in [0.717, 1.165) is 17.1 Å². The standard InChI is InChI=1S/C60H42N2/c1-3-15-51-45(13-1)28-29-48-40-47(34-39-52(48)51)43-32-37-50(38-33-43)61(57-23-11-14-44-12-2-4-16-53(44)57)49-35-30-42(31-36-49)41-24-26-46(27-25-41)54-17-5-8-20-58(54)62-59-21-9-6-18-55(59)56-19-7-10-22-60(56)62/h1-40,55,59H. The second-order valence-corrected chi connectivity index (χ2v) is 16.5. The van der Waals surface area contributed by atoms with Crippen molar-refractivity contribution in [3.8, 4) is 33.4 Å². The van der Waals surface area contributed by atoms with Crippen LogP contribution in [0.4, 0.5) is 28.4 Å². The summed E-state index contributed by atoms with van der Waals surface area (Å²) in [5, 5.41) is 7.53. The number of benzene rings is 10. The minimum Gasteiger partial charge on any atom is -0.333 e. The topological polar surface area (TPSA) is 6.48 Å². The van der Waals surface area contributed by atoms with E-state index in [1.165, 1.54) is 82.6 Å². The molecule has 0 fully saturated rings. The summed E-state index contributed by atoms with van der Waals surface area (Å²) in [5.41, 5.74) is 14.5. The van der Waals surface area contributed by atoms with Crippen LogP contribution in [0.3, 0.4) is 0 Å². The molecule has 0 N–H and O–H groups in total. The second-order valence-electron chi connectivity index (χ2n) is 16.5. The molecule has 2 unspecified atom stereocenters. The number of nitrogens with zero attached hydrogens (tertiary/aromatic N) is 2. The molecule has 1 heterocycles. The summed E-state index contributed by atoms with van der Waals surface area (Å²) >= 11 is 0. The van der Waals surface area contributed by atoms with Gasteiger partial charge < -0.3 is 9.80 Å². The highest BCUT2D eigenvalue weighted by Gasteiger charge is 2.37. The monoisotopic (exact) mass is 790 g/mol. The van der Waals surface area contributed by atoms with E-state index in [0.29, 0.717) is 5.92 Å². The highest BCUT2D eigenvalue weighted by atomic mass is 15.2. The van der Waals surface area contributed by atoms with Gasteiger partial charge in [-0.05, 0) is 109 Å². The summed E-state index contributed by atoms with van der Waals surface area (Å²) in [6.07, 6.45) is 9.06. The number of rotatable bonds is 7. The summed E-state index contributed by atoms with van der Waals surface area (Å²) < 4.78 is 0. The molecule has 0 amide bonds.